The van der Waals surface area contributed by atoms with Crippen molar-refractivity contribution in [3.05, 3.63) is 0 Å². The zero-order chi connectivity index (χ0) is 13.6. The van der Waals surface area contributed by atoms with E-state index < -0.39 is 11.5 Å². The van der Waals surface area contributed by atoms with Crippen LogP contribution in [-0.2, 0) is 9.59 Å². The van der Waals surface area contributed by atoms with Gasteiger partial charge < -0.3 is 15.3 Å². The van der Waals surface area contributed by atoms with Gasteiger partial charge in [0, 0.05) is 19.5 Å². The fourth-order valence-electron chi connectivity index (χ4n) is 2.30. The summed E-state index contributed by atoms with van der Waals surface area (Å²) in [6.07, 6.45) is 3.56. The normalized spacial score (nSPS) is 17.0. The molecule has 0 aliphatic heterocycles. The molecule has 0 radical (unpaired) electrons. The van der Waals surface area contributed by atoms with Crippen LogP contribution in [-0.4, -0.2) is 47.1 Å². The lowest BCUT2D eigenvalue weighted by Gasteiger charge is -2.38. The molecule has 0 aromatic heterocycles. The zero-order valence-corrected chi connectivity index (χ0v) is 11.4. The van der Waals surface area contributed by atoms with Gasteiger partial charge in [0.15, 0.2) is 0 Å². The Labute approximate surface area is 109 Å². The van der Waals surface area contributed by atoms with Crippen LogP contribution in [0.2, 0.25) is 0 Å². The Kier molecular flexibility index (Phi) is 5.59. The number of aliphatic carboxylic acids is 1. The minimum absolute atomic E-state index is 0.153. The average Bonchev–Trinajstić information content (AvgIpc) is 2.27. The summed E-state index contributed by atoms with van der Waals surface area (Å²) in [7, 11) is 0. The minimum atomic E-state index is -0.760. The molecule has 0 spiro atoms. The first-order valence-electron chi connectivity index (χ1n) is 6.82. The summed E-state index contributed by atoms with van der Waals surface area (Å²) in [5.41, 5.74) is -0.710. The summed E-state index contributed by atoms with van der Waals surface area (Å²) in [6, 6.07) is 0. The third kappa shape index (κ3) is 3.45. The Morgan fingerprint density at radius 3 is 2.28 bits per heavy atom. The Bertz CT molecular complexity index is 297. The van der Waals surface area contributed by atoms with Crippen LogP contribution in [0.5, 0.6) is 0 Å². The van der Waals surface area contributed by atoms with Crippen LogP contribution < -0.4 is 5.32 Å². The molecule has 0 heterocycles. The number of carboxylic acid groups (broad SMARTS) is 1. The van der Waals surface area contributed by atoms with E-state index in [9.17, 15) is 9.59 Å². The lowest BCUT2D eigenvalue weighted by Crippen LogP contribution is -2.57. The van der Waals surface area contributed by atoms with Crippen molar-refractivity contribution in [2.24, 2.45) is 0 Å². The second-order valence-electron chi connectivity index (χ2n) is 4.84. The van der Waals surface area contributed by atoms with Gasteiger partial charge in [-0.15, -0.1) is 0 Å². The number of hydrogen-bond donors (Lipinski definition) is 2. The first-order chi connectivity index (χ1) is 8.55. The SMILES string of the molecule is CCN(CC)C(=O)CCCNC1(C(=O)O)CCC1. The van der Waals surface area contributed by atoms with Gasteiger partial charge in [0.05, 0.1) is 0 Å². The fraction of sp³-hybridized carbons (Fsp3) is 0.846. The summed E-state index contributed by atoms with van der Waals surface area (Å²) in [5.74, 6) is -0.608. The molecule has 5 heteroatoms. The molecule has 0 atom stereocenters. The highest BCUT2D eigenvalue weighted by Gasteiger charge is 2.43. The summed E-state index contributed by atoms with van der Waals surface area (Å²) in [4.78, 5) is 24.6. The fourth-order valence-corrected chi connectivity index (χ4v) is 2.30. The molecule has 0 aromatic carbocycles. The van der Waals surface area contributed by atoms with Gasteiger partial charge in [-0.3, -0.25) is 9.59 Å². The summed E-state index contributed by atoms with van der Waals surface area (Å²) in [6.45, 7) is 6.00. The van der Waals surface area contributed by atoms with Crippen LogP contribution in [0, 0.1) is 0 Å². The molecule has 0 unspecified atom stereocenters. The van der Waals surface area contributed by atoms with Gasteiger partial charge >= 0.3 is 5.97 Å². The van der Waals surface area contributed by atoms with Crippen molar-refractivity contribution in [2.45, 2.75) is 51.5 Å². The standard InChI is InChI=1S/C13H24N2O3/c1-3-15(4-2)11(16)7-5-10-14-13(12(17)18)8-6-9-13/h14H,3-10H2,1-2H3,(H,17,18). The van der Waals surface area contributed by atoms with Crippen molar-refractivity contribution >= 4 is 11.9 Å². The van der Waals surface area contributed by atoms with Crippen LogP contribution >= 0.6 is 0 Å². The topological polar surface area (TPSA) is 69.6 Å². The zero-order valence-electron chi connectivity index (χ0n) is 11.4. The number of hydrogen-bond acceptors (Lipinski definition) is 3. The molecule has 1 aliphatic carbocycles. The Balaban J connectivity index is 2.22. The molecule has 0 aromatic rings. The predicted molar refractivity (Wildman–Crippen MR) is 69.4 cm³/mol. The first-order valence-corrected chi connectivity index (χ1v) is 6.82. The largest absolute Gasteiger partial charge is 0.480 e. The quantitative estimate of drug-likeness (QED) is 0.641. The molecular formula is C13H24N2O3. The molecule has 104 valence electrons. The van der Waals surface area contributed by atoms with Gasteiger partial charge in [-0.2, -0.15) is 0 Å². The number of carboxylic acids is 1. The van der Waals surface area contributed by atoms with Crippen molar-refractivity contribution in [3.63, 3.8) is 0 Å². The average molecular weight is 256 g/mol. The van der Waals surface area contributed by atoms with E-state index in [-0.39, 0.29) is 5.91 Å². The Morgan fingerprint density at radius 1 is 1.28 bits per heavy atom. The molecular weight excluding hydrogens is 232 g/mol. The second kappa shape index (κ2) is 6.73. The van der Waals surface area contributed by atoms with Gasteiger partial charge in [0.2, 0.25) is 5.91 Å². The van der Waals surface area contributed by atoms with Gasteiger partial charge in [-0.05, 0) is 46.1 Å². The van der Waals surface area contributed by atoms with Crippen molar-refractivity contribution < 1.29 is 14.7 Å². The summed E-state index contributed by atoms with van der Waals surface area (Å²) < 4.78 is 0. The molecule has 18 heavy (non-hydrogen) atoms. The highest BCUT2D eigenvalue weighted by Crippen LogP contribution is 2.31. The molecule has 1 aliphatic rings. The number of nitrogens with one attached hydrogen (secondary N) is 1. The van der Waals surface area contributed by atoms with E-state index >= 15 is 0 Å². The molecule has 5 nitrogen and oxygen atoms in total. The highest BCUT2D eigenvalue weighted by atomic mass is 16.4. The second-order valence-corrected chi connectivity index (χ2v) is 4.84. The third-order valence-corrected chi connectivity index (χ3v) is 3.76. The lowest BCUT2D eigenvalue weighted by atomic mass is 9.77. The van der Waals surface area contributed by atoms with Gasteiger partial charge in [-0.1, -0.05) is 0 Å². The first kappa shape index (κ1) is 15.0. The Morgan fingerprint density at radius 2 is 1.89 bits per heavy atom. The maximum Gasteiger partial charge on any atom is 0.323 e. The maximum absolute atomic E-state index is 11.7. The van der Waals surface area contributed by atoms with Crippen molar-refractivity contribution in [2.75, 3.05) is 19.6 Å². The number of rotatable bonds is 8. The molecule has 1 saturated carbocycles. The number of amides is 1. The summed E-state index contributed by atoms with van der Waals surface area (Å²) >= 11 is 0. The van der Waals surface area contributed by atoms with E-state index in [4.69, 9.17) is 5.11 Å². The lowest BCUT2D eigenvalue weighted by molar-refractivity contribution is -0.148. The number of nitrogens with zero attached hydrogens (tertiary/aromatic N) is 1. The van der Waals surface area contributed by atoms with Gasteiger partial charge in [0.25, 0.3) is 0 Å². The smallest absolute Gasteiger partial charge is 0.323 e. The van der Waals surface area contributed by atoms with Crippen molar-refractivity contribution in [1.29, 1.82) is 0 Å². The van der Waals surface area contributed by atoms with E-state index in [0.717, 1.165) is 19.5 Å². The van der Waals surface area contributed by atoms with Crippen LogP contribution in [0.1, 0.15) is 46.0 Å². The minimum Gasteiger partial charge on any atom is -0.480 e. The van der Waals surface area contributed by atoms with Crippen molar-refractivity contribution in [3.8, 4) is 0 Å². The van der Waals surface area contributed by atoms with Crippen LogP contribution in [0.3, 0.4) is 0 Å². The third-order valence-electron chi connectivity index (χ3n) is 3.76. The molecule has 1 amide bonds. The maximum atomic E-state index is 11.7. The van der Waals surface area contributed by atoms with Crippen molar-refractivity contribution in [1.82, 2.24) is 10.2 Å². The monoisotopic (exact) mass is 256 g/mol. The van der Waals surface area contributed by atoms with E-state index in [1.807, 2.05) is 13.8 Å². The number of carbonyl (C=O) groups is 2. The molecule has 2 N–H and O–H groups in total. The van der Waals surface area contributed by atoms with Crippen LogP contribution in [0.25, 0.3) is 0 Å². The van der Waals surface area contributed by atoms with Crippen LogP contribution in [0.4, 0.5) is 0 Å². The van der Waals surface area contributed by atoms with E-state index in [2.05, 4.69) is 5.32 Å². The van der Waals surface area contributed by atoms with E-state index in [1.165, 1.54) is 0 Å². The number of carbonyl (C=O) groups excluding carboxylic acids is 1. The van der Waals surface area contributed by atoms with E-state index in [0.29, 0.717) is 32.2 Å². The predicted octanol–water partition coefficient (Wildman–Crippen LogP) is 1.23. The van der Waals surface area contributed by atoms with Crippen LogP contribution in [0.15, 0.2) is 0 Å². The molecule has 1 rings (SSSR count). The Hall–Kier alpha value is -1.10. The van der Waals surface area contributed by atoms with Gasteiger partial charge in [0.1, 0.15) is 5.54 Å². The summed E-state index contributed by atoms with van der Waals surface area (Å²) in [5, 5.41) is 12.2. The molecule has 0 saturated heterocycles. The van der Waals surface area contributed by atoms with Gasteiger partial charge in [-0.25, -0.2) is 0 Å². The molecule has 1 fully saturated rings. The van der Waals surface area contributed by atoms with E-state index in [1.54, 1.807) is 4.90 Å². The molecule has 0 bridgehead atoms. The highest BCUT2D eigenvalue weighted by molar-refractivity contribution is 5.80.